The third-order valence-electron chi connectivity index (χ3n) is 6.36. The van der Waals surface area contributed by atoms with E-state index in [0.29, 0.717) is 58.4 Å². The van der Waals surface area contributed by atoms with Gasteiger partial charge in [-0.15, -0.1) is 11.8 Å². The van der Waals surface area contributed by atoms with Gasteiger partial charge in [0.25, 0.3) is 0 Å². The fourth-order valence-corrected chi connectivity index (χ4v) is 4.90. The van der Waals surface area contributed by atoms with Crippen molar-refractivity contribution in [3.63, 3.8) is 0 Å². The molecule has 0 N–H and O–H groups in total. The van der Waals surface area contributed by atoms with E-state index in [4.69, 9.17) is 14.7 Å². The van der Waals surface area contributed by atoms with Gasteiger partial charge in [0.15, 0.2) is 0 Å². The van der Waals surface area contributed by atoms with E-state index < -0.39 is 11.7 Å². The number of hydrogen-bond donors (Lipinski definition) is 0. The number of rotatable bonds is 5. The Morgan fingerprint density at radius 3 is 2.33 bits per heavy atom. The number of ether oxygens (including phenoxy) is 1. The molecule has 0 saturated carbocycles. The Bertz CT molecular complexity index is 1200. The minimum absolute atomic E-state index is 0.0177. The Morgan fingerprint density at radius 2 is 1.61 bits per heavy atom. The predicted molar refractivity (Wildman–Crippen MR) is 136 cm³/mol. The van der Waals surface area contributed by atoms with Crippen molar-refractivity contribution < 1.29 is 17.9 Å². The standard InChI is InChI=1S/C25H27F3N6OS/c1-36-19-5-2-4-18(16-19)21-17-22(31-24(30-21)34-12-14-35-15-13-34)32-8-10-33(11-9-32)23-20(25(26,27)28)6-3-7-29-23/h2-7,16-17H,8-15H2,1H3. The predicted octanol–water partition coefficient (Wildman–Crippen LogP) is 4.44. The average Bonchev–Trinajstić information content (AvgIpc) is 2.93. The lowest BCUT2D eigenvalue weighted by Gasteiger charge is -2.37. The van der Waals surface area contributed by atoms with Gasteiger partial charge in [-0.2, -0.15) is 18.2 Å². The van der Waals surface area contributed by atoms with Gasteiger partial charge >= 0.3 is 6.18 Å². The fourth-order valence-electron chi connectivity index (χ4n) is 4.44. The summed E-state index contributed by atoms with van der Waals surface area (Å²) in [7, 11) is 0. The summed E-state index contributed by atoms with van der Waals surface area (Å²) in [4.78, 5) is 20.9. The minimum Gasteiger partial charge on any atom is -0.378 e. The van der Waals surface area contributed by atoms with Crippen molar-refractivity contribution in [3.05, 3.63) is 54.2 Å². The Labute approximate surface area is 212 Å². The highest BCUT2D eigenvalue weighted by Crippen LogP contribution is 2.36. The number of halogens is 3. The maximum atomic E-state index is 13.5. The van der Waals surface area contributed by atoms with Gasteiger partial charge in [-0.05, 0) is 30.5 Å². The van der Waals surface area contributed by atoms with Crippen molar-refractivity contribution in [1.82, 2.24) is 15.0 Å². The van der Waals surface area contributed by atoms with E-state index in [1.54, 1.807) is 16.7 Å². The molecular weight excluding hydrogens is 489 g/mol. The van der Waals surface area contributed by atoms with Gasteiger partial charge in [0.05, 0.1) is 24.5 Å². The Balaban J connectivity index is 1.42. The first kappa shape index (κ1) is 24.6. The van der Waals surface area contributed by atoms with Gasteiger partial charge in [0.1, 0.15) is 11.6 Å². The summed E-state index contributed by atoms with van der Waals surface area (Å²) in [6.07, 6.45) is -0.999. The van der Waals surface area contributed by atoms with E-state index in [0.717, 1.165) is 28.0 Å². The molecule has 2 aromatic heterocycles. The number of benzene rings is 1. The van der Waals surface area contributed by atoms with Crippen LogP contribution in [0.2, 0.25) is 0 Å². The summed E-state index contributed by atoms with van der Waals surface area (Å²) >= 11 is 1.67. The molecule has 7 nitrogen and oxygen atoms in total. The number of hydrogen-bond acceptors (Lipinski definition) is 8. The number of thioether (sulfide) groups is 1. The summed E-state index contributed by atoms with van der Waals surface area (Å²) in [6.45, 7) is 4.53. The number of anilines is 3. The van der Waals surface area contributed by atoms with Gasteiger partial charge < -0.3 is 19.4 Å². The van der Waals surface area contributed by atoms with Crippen LogP contribution in [0.3, 0.4) is 0 Å². The highest BCUT2D eigenvalue weighted by atomic mass is 32.2. The average molecular weight is 517 g/mol. The van der Waals surface area contributed by atoms with Gasteiger partial charge in [-0.3, -0.25) is 0 Å². The molecule has 5 rings (SSSR count). The van der Waals surface area contributed by atoms with E-state index in [9.17, 15) is 13.2 Å². The molecule has 0 amide bonds. The van der Waals surface area contributed by atoms with Gasteiger partial charge in [0.2, 0.25) is 5.95 Å². The second-order valence-corrected chi connectivity index (χ2v) is 9.47. The van der Waals surface area contributed by atoms with Crippen molar-refractivity contribution in [2.75, 3.05) is 73.4 Å². The number of pyridine rings is 1. The molecule has 1 aromatic carbocycles. The molecule has 190 valence electrons. The Morgan fingerprint density at radius 1 is 0.861 bits per heavy atom. The first-order valence-electron chi connectivity index (χ1n) is 11.8. The largest absolute Gasteiger partial charge is 0.419 e. The molecular formula is C25H27F3N6OS. The summed E-state index contributed by atoms with van der Waals surface area (Å²) in [6, 6.07) is 12.6. The molecule has 0 radical (unpaired) electrons. The lowest BCUT2D eigenvalue weighted by atomic mass is 10.1. The van der Waals surface area contributed by atoms with Crippen molar-refractivity contribution in [2.45, 2.75) is 11.1 Å². The smallest absolute Gasteiger partial charge is 0.378 e. The first-order valence-corrected chi connectivity index (χ1v) is 13.0. The molecule has 0 bridgehead atoms. The van der Waals surface area contributed by atoms with Gasteiger partial charge in [-0.1, -0.05) is 12.1 Å². The maximum Gasteiger partial charge on any atom is 0.419 e. The zero-order valence-electron chi connectivity index (χ0n) is 19.9. The number of morpholine rings is 1. The molecule has 2 fully saturated rings. The number of nitrogens with zero attached hydrogens (tertiary/aromatic N) is 6. The fraction of sp³-hybridized carbons (Fsp3) is 0.400. The first-order chi connectivity index (χ1) is 17.4. The monoisotopic (exact) mass is 516 g/mol. The highest BCUT2D eigenvalue weighted by Gasteiger charge is 2.36. The van der Waals surface area contributed by atoms with Crippen molar-refractivity contribution in [3.8, 4) is 11.3 Å². The molecule has 2 aliphatic rings. The van der Waals surface area contributed by atoms with Gasteiger partial charge in [0, 0.05) is 62.0 Å². The van der Waals surface area contributed by atoms with Crippen LogP contribution in [0.1, 0.15) is 5.56 Å². The number of piperazine rings is 1. The summed E-state index contributed by atoms with van der Waals surface area (Å²) in [5.41, 5.74) is 1.12. The molecule has 3 aromatic rings. The lowest BCUT2D eigenvalue weighted by Crippen LogP contribution is -2.48. The summed E-state index contributed by atoms with van der Waals surface area (Å²) < 4.78 is 46.0. The van der Waals surface area contributed by atoms with E-state index in [-0.39, 0.29) is 5.82 Å². The molecule has 0 spiro atoms. The molecule has 0 unspecified atom stereocenters. The van der Waals surface area contributed by atoms with Crippen LogP contribution in [0, 0.1) is 0 Å². The number of alkyl halides is 3. The topological polar surface area (TPSA) is 57.6 Å². The molecule has 2 aliphatic heterocycles. The molecule has 2 saturated heterocycles. The SMILES string of the molecule is CSc1cccc(-c2cc(N3CCN(c4ncccc4C(F)(F)F)CC3)nc(N3CCOCC3)n2)c1. The lowest BCUT2D eigenvalue weighted by molar-refractivity contribution is -0.137. The van der Waals surface area contributed by atoms with Crippen LogP contribution in [-0.4, -0.2) is 73.7 Å². The van der Waals surface area contributed by atoms with E-state index in [2.05, 4.69) is 26.9 Å². The summed E-state index contributed by atoms with van der Waals surface area (Å²) in [5, 5.41) is 0. The van der Waals surface area contributed by atoms with Crippen LogP contribution in [0.15, 0.2) is 53.6 Å². The van der Waals surface area contributed by atoms with Crippen LogP contribution >= 0.6 is 11.8 Å². The highest BCUT2D eigenvalue weighted by molar-refractivity contribution is 7.98. The van der Waals surface area contributed by atoms with Crippen LogP contribution in [-0.2, 0) is 10.9 Å². The van der Waals surface area contributed by atoms with Crippen LogP contribution < -0.4 is 14.7 Å². The van der Waals surface area contributed by atoms with Gasteiger partial charge in [-0.25, -0.2) is 9.97 Å². The molecule has 36 heavy (non-hydrogen) atoms. The van der Waals surface area contributed by atoms with E-state index >= 15 is 0 Å². The minimum atomic E-state index is -4.44. The van der Waals surface area contributed by atoms with Crippen LogP contribution in [0.5, 0.6) is 0 Å². The third-order valence-corrected chi connectivity index (χ3v) is 7.08. The Kier molecular flexibility index (Phi) is 7.20. The van der Waals surface area contributed by atoms with Crippen molar-refractivity contribution in [2.24, 2.45) is 0 Å². The zero-order valence-corrected chi connectivity index (χ0v) is 20.7. The van der Waals surface area contributed by atoms with Crippen LogP contribution in [0.4, 0.5) is 30.8 Å². The Hall–Kier alpha value is -3.05. The van der Waals surface area contributed by atoms with Crippen molar-refractivity contribution in [1.29, 1.82) is 0 Å². The quantitative estimate of drug-likeness (QED) is 0.462. The van der Waals surface area contributed by atoms with E-state index in [1.165, 1.54) is 12.3 Å². The normalized spacial score (nSPS) is 16.9. The number of aromatic nitrogens is 3. The summed E-state index contributed by atoms with van der Waals surface area (Å²) in [5.74, 6) is 1.40. The molecule has 4 heterocycles. The van der Waals surface area contributed by atoms with Crippen molar-refractivity contribution >= 4 is 29.3 Å². The zero-order chi connectivity index (χ0) is 25.1. The van der Waals surface area contributed by atoms with Crippen LogP contribution in [0.25, 0.3) is 11.3 Å². The maximum absolute atomic E-state index is 13.5. The second-order valence-electron chi connectivity index (χ2n) is 8.59. The third kappa shape index (κ3) is 5.36. The van der Waals surface area contributed by atoms with E-state index in [1.807, 2.05) is 24.5 Å². The molecule has 0 aliphatic carbocycles. The second kappa shape index (κ2) is 10.5. The molecule has 11 heteroatoms. The molecule has 0 atom stereocenters.